The van der Waals surface area contributed by atoms with E-state index < -0.39 is 0 Å². The smallest absolute Gasteiger partial charge is 0.0543 e. The number of rotatable bonds is 8. The number of aliphatic hydroxyl groups excluding tert-OH is 2. The van der Waals surface area contributed by atoms with Gasteiger partial charge in [0.15, 0.2) is 0 Å². The SMILES string of the molecule is OC1CCCC(COCC2CCCC(COCC3CCCC(O)C3)C2)C1. The molecule has 4 heteroatoms. The van der Waals surface area contributed by atoms with Crippen molar-refractivity contribution in [3.8, 4) is 0 Å². The molecule has 3 aliphatic rings. The topological polar surface area (TPSA) is 58.9 Å². The van der Waals surface area contributed by atoms with E-state index in [0.717, 1.165) is 65.0 Å². The predicted octanol–water partition coefficient (Wildman–Crippen LogP) is 3.93. The summed E-state index contributed by atoms with van der Waals surface area (Å²) in [7, 11) is 0. The third-order valence-electron chi connectivity index (χ3n) is 6.82. The Morgan fingerprint density at radius 2 is 0.846 bits per heavy atom. The van der Waals surface area contributed by atoms with Gasteiger partial charge in [0.1, 0.15) is 0 Å². The van der Waals surface area contributed by atoms with Crippen molar-refractivity contribution >= 4 is 0 Å². The zero-order valence-electron chi connectivity index (χ0n) is 16.5. The Balaban J connectivity index is 1.26. The fourth-order valence-corrected chi connectivity index (χ4v) is 5.34. The van der Waals surface area contributed by atoms with Crippen LogP contribution in [0.3, 0.4) is 0 Å². The van der Waals surface area contributed by atoms with E-state index in [4.69, 9.17) is 9.47 Å². The standard InChI is InChI=1S/C22H40O4/c23-21-8-2-6-19(11-21)15-25-13-17-4-1-5-18(10-17)14-26-16-20-7-3-9-22(24)12-20/h17-24H,1-16H2. The fourth-order valence-electron chi connectivity index (χ4n) is 5.34. The fraction of sp³-hybridized carbons (Fsp3) is 1.00. The highest BCUT2D eigenvalue weighted by atomic mass is 16.5. The average molecular weight is 369 g/mol. The summed E-state index contributed by atoms with van der Waals surface area (Å²) in [5.41, 5.74) is 0. The van der Waals surface area contributed by atoms with E-state index in [1.54, 1.807) is 0 Å². The summed E-state index contributed by atoms with van der Waals surface area (Å²) in [5.74, 6) is 2.49. The van der Waals surface area contributed by atoms with Crippen LogP contribution in [0, 0.1) is 23.7 Å². The van der Waals surface area contributed by atoms with Gasteiger partial charge in [0, 0.05) is 26.4 Å². The molecule has 0 bridgehead atoms. The van der Waals surface area contributed by atoms with Crippen LogP contribution in [0.4, 0.5) is 0 Å². The van der Waals surface area contributed by atoms with E-state index in [1.165, 1.54) is 38.5 Å². The summed E-state index contributed by atoms with van der Waals surface area (Å²) < 4.78 is 12.1. The van der Waals surface area contributed by atoms with Crippen LogP contribution in [-0.2, 0) is 9.47 Å². The molecule has 0 spiro atoms. The molecule has 0 aromatic heterocycles. The van der Waals surface area contributed by atoms with Gasteiger partial charge < -0.3 is 19.7 Å². The van der Waals surface area contributed by atoms with Crippen molar-refractivity contribution in [2.24, 2.45) is 23.7 Å². The molecule has 6 unspecified atom stereocenters. The molecule has 0 aliphatic heterocycles. The maximum atomic E-state index is 9.77. The Morgan fingerprint density at radius 1 is 0.500 bits per heavy atom. The van der Waals surface area contributed by atoms with Gasteiger partial charge >= 0.3 is 0 Å². The van der Waals surface area contributed by atoms with Crippen molar-refractivity contribution in [3.63, 3.8) is 0 Å². The van der Waals surface area contributed by atoms with Crippen LogP contribution in [-0.4, -0.2) is 48.8 Å². The highest BCUT2D eigenvalue weighted by molar-refractivity contribution is 4.76. The van der Waals surface area contributed by atoms with Gasteiger partial charge in [0.2, 0.25) is 0 Å². The lowest BCUT2D eigenvalue weighted by molar-refractivity contribution is 0.000291. The van der Waals surface area contributed by atoms with Crippen molar-refractivity contribution in [1.29, 1.82) is 0 Å². The molecule has 0 radical (unpaired) electrons. The van der Waals surface area contributed by atoms with E-state index in [2.05, 4.69) is 0 Å². The Kier molecular flexibility index (Phi) is 8.70. The van der Waals surface area contributed by atoms with Crippen LogP contribution in [0.5, 0.6) is 0 Å². The molecule has 3 rings (SSSR count). The molecule has 0 amide bonds. The van der Waals surface area contributed by atoms with Crippen molar-refractivity contribution in [3.05, 3.63) is 0 Å². The van der Waals surface area contributed by atoms with Gasteiger partial charge in [-0.15, -0.1) is 0 Å². The summed E-state index contributed by atoms with van der Waals surface area (Å²) >= 11 is 0. The first kappa shape index (κ1) is 20.6. The quantitative estimate of drug-likeness (QED) is 0.681. The van der Waals surface area contributed by atoms with E-state index >= 15 is 0 Å². The normalized spacial score (nSPS) is 39.0. The maximum absolute atomic E-state index is 9.77. The monoisotopic (exact) mass is 368 g/mol. The third-order valence-corrected chi connectivity index (χ3v) is 6.82. The Morgan fingerprint density at radius 3 is 1.23 bits per heavy atom. The molecule has 0 aromatic carbocycles. The molecular formula is C22H40O4. The number of hydrogen-bond acceptors (Lipinski definition) is 4. The van der Waals surface area contributed by atoms with Crippen LogP contribution in [0.25, 0.3) is 0 Å². The zero-order chi connectivity index (χ0) is 18.2. The van der Waals surface area contributed by atoms with Crippen LogP contribution in [0.2, 0.25) is 0 Å². The molecule has 26 heavy (non-hydrogen) atoms. The van der Waals surface area contributed by atoms with Crippen LogP contribution in [0.15, 0.2) is 0 Å². The van der Waals surface area contributed by atoms with Gasteiger partial charge in [-0.3, -0.25) is 0 Å². The molecule has 3 aliphatic carbocycles. The van der Waals surface area contributed by atoms with Gasteiger partial charge in [0.25, 0.3) is 0 Å². The van der Waals surface area contributed by atoms with Gasteiger partial charge in [-0.1, -0.05) is 19.3 Å². The van der Waals surface area contributed by atoms with E-state index in [-0.39, 0.29) is 12.2 Å². The molecule has 3 saturated carbocycles. The minimum absolute atomic E-state index is 0.0983. The van der Waals surface area contributed by atoms with Gasteiger partial charge in [0.05, 0.1) is 12.2 Å². The number of aliphatic hydroxyl groups is 2. The minimum Gasteiger partial charge on any atom is -0.393 e. The molecular weight excluding hydrogens is 328 g/mol. The van der Waals surface area contributed by atoms with E-state index in [0.29, 0.717) is 23.7 Å². The molecule has 152 valence electrons. The van der Waals surface area contributed by atoms with Crippen molar-refractivity contribution in [2.75, 3.05) is 26.4 Å². The van der Waals surface area contributed by atoms with Gasteiger partial charge in [-0.05, 0) is 81.5 Å². The summed E-state index contributed by atoms with van der Waals surface area (Å²) in [5, 5.41) is 19.5. The van der Waals surface area contributed by atoms with Gasteiger partial charge in [-0.25, -0.2) is 0 Å². The minimum atomic E-state index is -0.0983. The lowest BCUT2D eigenvalue weighted by atomic mass is 9.82. The zero-order valence-corrected chi connectivity index (χ0v) is 16.5. The molecule has 0 heterocycles. The van der Waals surface area contributed by atoms with E-state index in [9.17, 15) is 10.2 Å². The highest BCUT2D eigenvalue weighted by Gasteiger charge is 2.25. The second-order valence-electron chi connectivity index (χ2n) is 9.35. The summed E-state index contributed by atoms with van der Waals surface area (Å²) in [4.78, 5) is 0. The third kappa shape index (κ3) is 7.10. The largest absolute Gasteiger partial charge is 0.393 e. The Hall–Kier alpha value is -0.160. The second kappa shape index (κ2) is 11.0. The summed E-state index contributed by atoms with van der Waals surface area (Å²) in [6.45, 7) is 3.44. The molecule has 3 fully saturated rings. The molecule has 6 atom stereocenters. The van der Waals surface area contributed by atoms with Crippen LogP contribution < -0.4 is 0 Å². The van der Waals surface area contributed by atoms with E-state index in [1.807, 2.05) is 0 Å². The first-order valence-electron chi connectivity index (χ1n) is 11.2. The van der Waals surface area contributed by atoms with Crippen molar-refractivity contribution < 1.29 is 19.7 Å². The molecule has 2 N–H and O–H groups in total. The van der Waals surface area contributed by atoms with Crippen molar-refractivity contribution in [2.45, 2.75) is 89.3 Å². The first-order chi connectivity index (χ1) is 12.7. The lowest BCUT2D eigenvalue weighted by Crippen LogP contribution is -2.27. The number of hydrogen-bond donors (Lipinski definition) is 2. The molecule has 0 saturated heterocycles. The Labute approximate surface area is 159 Å². The lowest BCUT2D eigenvalue weighted by Gasteiger charge is -2.31. The second-order valence-corrected chi connectivity index (χ2v) is 9.35. The summed E-state index contributed by atoms with van der Waals surface area (Å²) in [6, 6.07) is 0. The highest BCUT2D eigenvalue weighted by Crippen LogP contribution is 2.31. The van der Waals surface area contributed by atoms with Crippen molar-refractivity contribution in [1.82, 2.24) is 0 Å². The molecule has 4 nitrogen and oxygen atoms in total. The van der Waals surface area contributed by atoms with Gasteiger partial charge in [-0.2, -0.15) is 0 Å². The molecule has 0 aromatic rings. The predicted molar refractivity (Wildman–Crippen MR) is 103 cm³/mol. The number of ether oxygens (including phenoxy) is 2. The summed E-state index contributed by atoms with van der Waals surface area (Å²) in [6.07, 6.45) is 13.4. The average Bonchev–Trinajstić information content (AvgIpc) is 2.62. The Bertz CT molecular complexity index is 354. The van der Waals surface area contributed by atoms with Crippen LogP contribution in [0.1, 0.15) is 77.0 Å². The maximum Gasteiger partial charge on any atom is 0.0543 e. The first-order valence-corrected chi connectivity index (χ1v) is 11.2. The van der Waals surface area contributed by atoms with Crippen LogP contribution >= 0.6 is 0 Å².